The molecular weight excluding hydrogens is 461 g/mol. The second-order valence-electron chi connectivity index (χ2n) is 6.31. The van der Waals surface area contributed by atoms with Crippen molar-refractivity contribution in [2.45, 2.75) is 13.8 Å². The van der Waals surface area contributed by atoms with Crippen LogP contribution in [0.4, 0.5) is 4.79 Å². The van der Waals surface area contributed by atoms with Crippen molar-refractivity contribution in [3.05, 3.63) is 56.9 Å². The van der Waals surface area contributed by atoms with E-state index in [9.17, 15) is 9.59 Å². The Kier molecular flexibility index (Phi) is 8.12. The number of amides is 2. The fraction of sp³-hybridized carbons (Fsp3) is 0.273. The molecule has 0 atom stereocenters. The third kappa shape index (κ3) is 5.67. The van der Waals surface area contributed by atoms with Crippen molar-refractivity contribution in [2.75, 3.05) is 26.4 Å². The lowest BCUT2D eigenvalue weighted by molar-refractivity contribution is -0.123. The maximum Gasteiger partial charge on any atom is 0.293 e. The summed E-state index contributed by atoms with van der Waals surface area (Å²) in [4.78, 5) is 26.5. The zero-order valence-electron chi connectivity index (χ0n) is 17.0. The van der Waals surface area contributed by atoms with Gasteiger partial charge in [-0.05, 0) is 61.5 Å². The fourth-order valence-electron chi connectivity index (χ4n) is 2.87. The Bertz CT molecular complexity index is 1010. The molecule has 1 saturated heterocycles. The Morgan fingerprint density at radius 1 is 0.968 bits per heavy atom. The van der Waals surface area contributed by atoms with Crippen LogP contribution in [0.5, 0.6) is 17.2 Å². The van der Waals surface area contributed by atoms with Crippen molar-refractivity contribution in [3.63, 3.8) is 0 Å². The van der Waals surface area contributed by atoms with E-state index in [-0.39, 0.29) is 24.3 Å². The van der Waals surface area contributed by atoms with E-state index in [1.165, 1.54) is 0 Å². The second-order valence-corrected chi connectivity index (χ2v) is 8.12. The molecule has 1 aliphatic rings. The van der Waals surface area contributed by atoms with Crippen LogP contribution in [-0.2, 0) is 4.79 Å². The summed E-state index contributed by atoms with van der Waals surface area (Å²) in [6.45, 7) is 4.83. The molecule has 1 heterocycles. The number of carbonyl (C=O) groups is 2. The van der Waals surface area contributed by atoms with Gasteiger partial charge in [0, 0.05) is 0 Å². The molecule has 0 bridgehead atoms. The highest BCUT2D eigenvalue weighted by Crippen LogP contribution is 2.39. The highest BCUT2D eigenvalue weighted by Gasteiger charge is 2.35. The van der Waals surface area contributed by atoms with Crippen molar-refractivity contribution in [3.8, 4) is 17.2 Å². The molecule has 0 radical (unpaired) electrons. The molecule has 6 nitrogen and oxygen atoms in total. The summed E-state index contributed by atoms with van der Waals surface area (Å²) >= 11 is 13.3. The van der Waals surface area contributed by atoms with E-state index in [0.717, 1.165) is 16.7 Å². The molecule has 2 aromatic carbocycles. The largest absolute Gasteiger partial charge is 0.490 e. The van der Waals surface area contributed by atoms with Gasteiger partial charge in [0.05, 0.1) is 34.7 Å². The lowest BCUT2D eigenvalue weighted by atomic mass is 10.1. The van der Waals surface area contributed by atoms with Crippen LogP contribution in [0.25, 0.3) is 6.08 Å². The molecule has 3 rings (SSSR count). The third-order valence-electron chi connectivity index (χ3n) is 4.20. The number of hydrogen-bond donors (Lipinski definition) is 0. The molecule has 31 heavy (non-hydrogen) atoms. The number of ether oxygens (including phenoxy) is 3. The Morgan fingerprint density at radius 3 is 2.42 bits per heavy atom. The molecule has 1 fully saturated rings. The summed E-state index contributed by atoms with van der Waals surface area (Å²) < 4.78 is 16.8. The second kappa shape index (κ2) is 10.8. The monoisotopic (exact) mass is 481 g/mol. The van der Waals surface area contributed by atoms with Crippen molar-refractivity contribution in [1.29, 1.82) is 0 Å². The molecule has 2 aromatic rings. The molecule has 1 aliphatic heterocycles. The number of nitrogens with zero attached hydrogens (tertiary/aromatic N) is 1. The van der Waals surface area contributed by atoms with Crippen molar-refractivity contribution in [1.82, 2.24) is 4.90 Å². The van der Waals surface area contributed by atoms with Crippen molar-refractivity contribution in [2.24, 2.45) is 0 Å². The number of hydrogen-bond acceptors (Lipinski definition) is 6. The van der Waals surface area contributed by atoms with Crippen LogP contribution in [0.3, 0.4) is 0 Å². The SMILES string of the molecule is CCOc1cc(/C=C2\SC(=O)N(CCOc3ccccc3Cl)C2=O)cc(Cl)c1OCC. The smallest absolute Gasteiger partial charge is 0.293 e. The van der Waals surface area contributed by atoms with E-state index < -0.39 is 0 Å². The molecule has 2 amide bonds. The zero-order chi connectivity index (χ0) is 22.4. The highest BCUT2D eigenvalue weighted by atomic mass is 35.5. The predicted octanol–water partition coefficient (Wildman–Crippen LogP) is 5.91. The molecule has 0 N–H and O–H groups in total. The lowest BCUT2D eigenvalue weighted by Crippen LogP contribution is -2.32. The number of thioether (sulfide) groups is 1. The van der Waals surface area contributed by atoms with Crippen LogP contribution in [0, 0.1) is 0 Å². The Labute approximate surface area is 195 Å². The molecule has 0 unspecified atom stereocenters. The quantitative estimate of drug-likeness (QED) is 0.415. The minimum atomic E-state index is -0.388. The van der Waals surface area contributed by atoms with Gasteiger partial charge in [-0.3, -0.25) is 14.5 Å². The van der Waals surface area contributed by atoms with Gasteiger partial charge in [0.2, 0.25) is 0 Å². The molecule has 0 spiro atoms. The fourth-order valence-corrected chi connectivity index (χ4v) is 4.20. The predicted molar refractivity (Wildman–Crippen MR) is 123 cm³/mol. The summed E-state index contributed by atoms with van der Waals surface area (Å²) in [5.74, 6) is 1.04. The highest BCUT2D eigenvalue weighted by molar-refractivity contribution is 8.18. The Hall–Kier alpha value is -2.35. The van der Waals surface area contributed by atoms with Gasteiger partial charge in [-0.1, -0.05) is 35.3 Å². The van der Waals surface area contributed by atoms with Crippen LogP contribution >= 0.6 is 35.0 Å². The van der Waals surface area contributed by atoms with Gasteiger partial charge >= 0.3 is 0 Å². The summed E-state index contributed by atoms with van der Waals surface area (Å²) in [7, 11) is 0. The first kappa shape index (κ1) is 23.3. The summed E-state index contributed by atoms with van der Waals surface area (Å²) in [5, 5.41) is 0.474. The number of rotatable bonds is 9. The number of carbonyl (C=O) groups excluding carboxylic acids is 2. The summed E-state index contributed by atoms with van der Waals surface area (Å²) in [5.41, 5.74) is 0.634. The Morgan fingerprint density at radius 2 is 1.71 bits per heavy atom. The molecule has 9 heteroatoms. The molecule has 0 aliphatic carbocycles. The maximum atomic E-state index is 12.7. The van der Waals surface area contributed by atoms with Crippen molar-refractivity contribution >= 4 is 52.2 Å². The summed E-state index contributed by atoms with van der Waals surface area (Å²) in [6.07, 6.45) is 1.62. The van der Waals surface area contributed by atoms with Crippen LogP contribution in [0.15, 0.2) is 41.3 Å². The minimum Gasteiger partial charge on any atom is -0.490 e. The van der Waals surface area contributed by atoms with E-state index >= 15 is 0 Å². The first-order chi connectivity index (χ1) is 14.9. The van der Waals surface area contributed by atoms with E-state index in [2.05, 4.69) is 0 Å². The zero-order valence-corrected chi connectivity index (χ0v) is 19.4. The first-order valence-electron chi connectivity index (χ1n) is 9.66. The van der Waals surface area contributed by atoms with Gasteiger partial charge in [-0.25, -0.2) is 0 Å². The van der Waals surface area contributed by atoms with Gasteiger partial charge in [0.15, 0.2) is 11.5 Å². The number of benzene rings is 2. The van der Waals surface area contributed by atoms with Crippen LogP contribution in [0.1, 0.15) is 19.4 Å². The van der Waals surface area contributed by atoms with Crippen LogP contribution in [-0.4, -0.2) is 42.4 Å². The number of imide groups is 1. The summed E-state index contributed by atoms with van der Waals surface area (Å²) in [6, 6.07) is 10.4. The van der Waals surface area contributed by atoms with Gasteiger partial charge in [-0.2, -0.15) is 0 Å². The lowest BCUT2D eigenvalue weighted by Gasteiger charge is -2.14. The minimum absolute atomic E-state index is 0.113. The third-order valence-corrected chi connectivity index (χ3v) is 5.70. The van der Waals surface area contributed by atoms with E-state index in [0.29, 0.717) is 51.0 Å². The number of halogens is 2. The van der Waals surface area contributed by atoms with E-state index in [1.807, 2.05) is 13.8 Å². The normalized spacial score (nSPS) is 15.0. The van der Waals surface area contributed by atoms with Crippen molar-refractivity contribution < 1.29 is 23.8 Å². The van der Waals surface area contributed by atoms with Crippen LogP contribution in [0.2, 0.25) is 10.0 Å². The number of para-hydroxylation sites is 1. The molecule has 0 aromatic heterocycles. The Balaban J connectivity index is 1.73. The van der Waals surface area contributed by atoms with Gasteiger partial charge in [0.1, 0.15) is 12.4 Å². The maximum absolute atomic E-state index is 12.7. The first-order valence-corrected chi connectivity index (χ1v) is 11.2. The topological polar surface area (TPSA) is 65.1 Å². The molecule has 164 valence electrons. The van der Waals surface area contributed by atoms with E-state index in [1.54, 1.807) is 42.5 Å². The van der Waals surface area contributed by atoms with Gasteiger partial charge in [-0.15, -0.1) is 0 Å². The molecule has 0 saturated carbocycles. The van der Waals surface area contributed by atoms with Gasteiger partial charge < -0.3 is 14.2 Å². The molecular formula is C22H21Cl2NO5S. The van der Waals surface area contributed by atoms with E-state index in [4.69, 9.17) is 37.4 Å². The van der Waals surface area contributed by atoms with Gasteiger partial charge in [0.25, 0.3) is 11.1 Å². The average Bonchev–Trinajstić information content (AvgIpc) is 2.99. The standard InChI is InChI=1S/C22H21Cl2NO5S/c1-3-28-18-12-14(11-16(24)20(18)29-4-2)13-19-21(26)25(22(27)31-19)9-10-30-17-8-6-5-7-15(17)23/h5-8,11-13H,3-4,9-10H2,1-2H3/b19-13-. The van der Waals surface area contributed by atoms with Crippen LogP contribution < -0.4 is 14.2 Å². The average molecular weight is 482 g/mol.